The van der Waals surface area contributed by atoms with Crippen LogP contribution in [0.4, 0.5) is 13.2 Å². The number of morpholine rings is 1. The highest BCUT2D eigenvalue weighted by Crippen LogP contribution is 2.29. The molecule has 3 N–H and O–H groups in total. The molecule has 0 saturated carbocycles. The van der Waals surface area contributed by atoms with Crippen molar-refractivity contribution in [2.45, 2.75) is 70.6 Å². The molecular weight excluding hydrogens is 621 g/mol. The van der Waals surface area contributed by atoms with E-state index >= 15 is 0 Å². The lowest BCUT2D eigenvalue weighted by Crippen LogP contribution is -2.57. The molecule has 14 heteroatoms. The van der Waals surface area contributed by atoms with E-state index in [-0.39, 0.29) is 37.7 Å². The van der Waals surface area contributed by atoms with Crippen molar-refractivity contribution in [3.05, 3.63) is 65.7 Å². The summed E-state index contributed by atoms with van der Waals surface area (Å²) in [6.45, 7) is 9.54. The van der Waals surface area contributed by atoms with E-state index in [2.05, 4.69) is 20.7 Å². The maximum Gasteiger partial charge on any atom is 0.573 e. The number of rotatable bonds is 14. The van der Waals surface area contributed by atoms with Crippen LogP contribution >= 0.6 is 0 Å². The fourth-order valence-corrected chi connectivity index (χ4v) is 4.83. The lowest BCUT2D eigenvalue weighted by Gasteiger charge is -2.27. The zero-order valence-electron chi connectivity index (χ0n) is 27.0. The third-order valence-electron chi connectivity index (χ3n) is 7.49. The van der Waals surface area contributed by atoms with Crippen molar-refractivity contribution in [2.75, 3.05) is 39.5 Å². The molecule has 2 heterocycles. The van der Waals surface area contributed by atoms with Gasteiger partial charge in [-0.25, -0.2) is 0 Å². The molecule has 2 aliphatic heterocycles. The predicted octanol–water partition coefficient (Wildman–Crippen LogP) is 2.56. The van der Waals surface area contributed by atoms with Crippen molar-refractivity contribution in [3.8, 4) is 5.75 Å². The molecule has 3 amide bonds. The highest BCUT2D eigenvalue weighted by molar-refractivity contribution is 5.98. The van der Waals surface area contributed by atoms with Crippen LogP contribution in [0.2, 0.25) is 0 Å². The van der Waals surface area contributed by atoms with E-state index in [1.807, 2.05) is 36.9 Å². The lowest BCUT2D eigenvalue weighted by molar-refractivity contribution is -0.274. The van der Waals surface area contributed by atoms with E-state index < -0.39 is 47.7 Å². The maximum absolute atomic E-state index is 13.7. The monoisotopic (exact) mass is 664 g/mol. The molecule has 258 valence electrons. The Morgan fingerprint density at radius 1 is 0.872 bits per heavy atom. The minimum Gasteiger partial charge on any atom is -0.406 e. The summed E-state index contributed by atoms with van der Waals surface area (Å²) in [6.07, 6.45) is -4.83. The Balaban J connectivity index is 0.00000294. The zero-order valence-corrected chi connectivity index (χ0v) is 27.0. The standard InChI is InChI=1S/C31H37F3N4O7.C2H6/c1-20(35-26(39)18-38-12-14-43-15-13-38)28(41)37-25(17-22-8-10-23(11-9-22)45-31(32,33)34)29(42)36-24(27(40)30(2)19-44-30)16-21-6-4-3-5-7-21;1-2/h3-11,20,24-25H,12-19H2,1-2H3,(H,35,39)(H,36,42)(H,37,41);1-2H3. The van der Waals surface area contributed by atoms with Crippen LogP contribution in [0, 0.1) is 0 Å². The SMILES string of the molecule is CC.CC(NC(=O)CN1CCOCC1)C(=O)NC(Cc1ccc(OC(F)(F)F)cc1)C(=O)NC(Cc1ccccc1)C(=O)C1(C)CO1. The number of nitrogens with one attached hydrogen (secondary N) is 3. The average Bonchev–Trinajstić information content (AvgIpc) is 3.80. The molecule has 4 unspecified atom stereocenters. The van der Waals surface area contributed by atoms with Gasteiger partial charge in [-0.15, -0.1) is 13.2 Å². The number of ketones is 1. The van der Waals surface area contributed by atoms with Crippen LogP contribution in [0.5, 0.6) is 5.75 Å². The zero-order chi connectivity index (χ0) is 34.6. The number of hydrogen-bond acceptors (Lipinski definition) is 8. The first-order valence-corrected chi connectivity index (χ1v) is 15.6. The molecule has 4 atom stereocenters. The van der Waals surface area contributed by atoms with Gasteiger partial charge in [-0.2, -0.15) is 0 Å². The van der Waals surface area contributed by atoms with Crippen LogP contribution in [0.25, 0.3) is 0 Å². The van der Waals surface area contributed by atoms with Gasteiger partial charge in [0.05, 0.1) is 32.4 Å². The van der Waals surface area contributed by atoms with E-state index in [0.29, 0.717) is 31.9 Å². The van der Waals surface area contributed by atoms with Crippen molar-refractivity contribution in [3.63, 3.8) is 0 Å². The molecule has 2 aromatic carbocycles. The summed E-state index contributed by atoms with van der Waals surface area (Å²) in [4.78, 5) is 54.7. The first kappa shape index (κ1) is 37.4. The van der Waals surface area contributed by atoms with Crippen LogP contribution in [-0.2, 0) is 41.5 Å². The summed E-state index contributed by atoms with van der Waals surface area (Å²) in [7, 11) is 0. The van der Waals surface area contributed by atoms with Crippen LogP contribution in [-0.4, -0.2) is 97.9 Å². The van der Waals surface area contributed by atoms with Gasteiger partial charge < -0.3 is 30.2 Å². The maximum atomic E-state index is 13.7. The molecule has 0 radical (unpaired) electrons. The first-order chi connectivity index (χ1) is 22.3. The van der Waals surface area contributed by atoms with E-state index in [0.717, 1.165) is 17.7 Å². The fourth-order valence-electron chi connectivity index (χ4n) is 4.83. The van der Waals surface area contributed by atoms with Gasteiger partial charge in [0.25, 0.3) is 0 Å². The average molecular weight is 665 g/mol. The Morgan fingerprint density at radius 3 is 2.00 bits per heavy atom. The molecule has 2 aromatic rings. The fraction of sp³-hybridized carbons (Fsp3) is 0.515. The van der Waals surface area contributed by atoms with Crippen LogP contribution in [0.15, 0.2) is 54.6 Å². The molecule has 0 aliphatic carbocycles. The van der Waals surface area contributed by atoms with E-state index in [1.54, 1.807) is 19.1 Å². The highest BCUT2D eigenvalue weighted by Gasteiger charge is 2.50. The first-order valence-electron chi connectivity index (χ1n) is 15.6. The molecule has 0 spiro atoms. The second-order valence-electron chi connectivity index (χ2n) is 11.3. The Labute approximate surface area is 272 Å². The molecule has 4 rings (SSSR count). The number of carbonyl (C=O) groups is 4. The second kappa shape index (κ2) is 17.2. The highest BCUT2D eigenvalue weighted by atomic mass is 19.4. The predicted molar refractivity (Wildman–Crippen MR) is 166 cm³/mol. The normalized spacial score (nSPS) is 19.6. The van der Waals surface area contributed by atoms with Crippen LogP contribution in [0.1, 0.15) is 38.8 Å². The summed E-state index contributed by atoms with van der Waals surface area (Å²) < 4.78 is 52.4. The Hall–Kier alpha value is -4.01. The van der Waals surface area contributed by atoms with Gasteiger partial charge in [0.15, 0.2) is 5.78 Å². The lowest BCUT2D eigenvalue weighted by atomic mass is 9.94. The molecule has 0 aromatic heterocycles. The molecule has 2 saturated heterocycles. The molecule has 0 bridgehead atoms. The van der Waals surface area contributed by atoms with Crippen molar-refractivity contribution >= 4 is 23.5 Å². The number of nitrogens with zero attached hydrogens (tertiary/aromatic N) is 1. The summed E-state index contributed by atoms with van der Waals surface area (Å²) in [5.74, 6) is -2.51. The summed E-state index contributed by atoms with van der Waals surface area (Å²) in [5, 5.41) is 8.01. The van der Waals surface area contributed by atoms with Gasteiger partial charge in [0.2, 0.25) is 17.7 Å². The summed E-state index contributed by atoms with van der Waals surface area (Å²) in [5.41, 5.74) is 0.161. The van der Waals surface area contributed by atoms with E-state index in [4.69, 9.17) is 9.47 Å². The number of hydrogen-bond donors (Lipinski definition) is 3. The number of alkyl halides is 3. The molecule has 2 aliphatic rings. The number of epoxide rings is 1. The minimum absolute atomic E-state index is 0.0708. The number of halogens is 3. The number of amides is 3. The topological polar surface area (TPSA) is 139 Å². The van der Waals surface area contributed by atoms with Crippen LogP contribution in [0.3, 0.4) is 0 Å². The van der Waals surface area contributed by atoms with Crippen molar-refractivity contribution in [1.82, 2.24) is 20.9 Å². The van der Waals surface area contributed by atoms with Gasteiger partial charge in [0, 0.05) is 19.5 Å². The van der Waals surface area contributed by atoms with Crippen molar-refractivity contribution in [1.29, 1.82) is 0 Å². The number of ether oxygens (including phenoxy) is 3. The van der Waals surface area contributed by atoms with Gasteiger partial charge in [-0.3, -0.25) is 24.1 Å². The molecular formula is C33H43F3N4O7. The number of benzene rings is 2. The second-order valence-corrected chi connectivity index (χ2v) is 11.3. The minimum atomic E-state index is -4.87. The quantitative estimate of drug-likeness (QED) is 0.262. The third-order valence-corrected chi connectivity index (χ3v) is 7.49. The van der Waals surface area contributed by atoms with Crippen molar-refractivity contribution in [2.24, 2.45) is 0 Å². The van der Waals surface area contributed by atoms with Gasteiger partial charge in [-0.1, -0.05) is 56.3 Å². The largest absolute Gasteiger partial charge is 0.573 e. The number of Topliss-reactive ketones (excluding diaryl/α,β-unsaturated/α-hetero) is 1. The molecule has 2 fully saturated rings. The summed E-state index contributed by atoms with van der Waals surface area (Å²) >= 11 is 0. The Kier molecular flexibility index (Phi) is 13.7. The van der Waals surface area contributed by atoms with Gasteiger partial charge in [-0.05, 0) is 43.5 Å². The smallest absolute Gasteiger partial charge is 0.406 e. The third kappa shape index (κ3) is 12.3. The molecule has 11 nitrogen and oxygen atoms in total. The Bertz CT molecular complexity index is 1330. The van der Waals surface area contributed by atoms with Gasteiger partial charge in [0.1, 0.15) is 23.4 Å². The van der Waals surface area contributed by atoms with Crippen molar-refractivity contribution < 1.29 is 46.6 Å². The molecule has 47 heavy (non-hydrogen) atoms. The van der Waals surface area contributed by atoms with Gasteiger partial charge >= 0.3 is 6.36 Å². The van der Waals surface area contributed by atoms with E-state index in [9.17, 15) is 32.3 Å². The Morgan fingerprint density at radius 2 is 1.43 bits per heavy atom. The number of carbonyl (C=O) groups excluding carboxylic acids is 4. The van der Waals surface area contributed by atoms with Crippen LogP contribution < -0.4 is 20.7 Å². The van der Waals surface area contributed by atoms with E-state index in [1.165, 1.54) is 19.1 Å². The summed E-state index contributed by atoms with van der Waals surface area (Å²) in [6, 6.07) is 10.7.